The third-order valence-electron chi connectivity index (χ3n) is 0. The number of hydrogen-bond donors (Lipinski definition) is 0. The zero-order valence-corrected chi connectivity index (χ0v) is 10.8. The van der Waals surface area contributed by atoms with Crippen molar-refractivity contribution < 1.29 is 33.9 Å². The summed E-state index contributed by atoms with van der Waals surface area (Å²) in [5.74, 6) is 0. The average Bonchev–Trinajstić information content (AvgIpc) is 1.54. The van der Waals surface area contributed by atoms with Crippen molar-refractivity contribution >= 4 is 0 Å². The summed E-state index contributed by atoms with van der Waals surface area (Å²) in [7, 11) is 0. The van der Waals surface area contributed by atoms with Gasteiger partial charge in [-0.2, -0.15) is 0 Å². The van der Waals surface area contributed by atoms with Crippen LogP contribution in [0.3, 0.4) is 0 Å². The fraction of sp³-hybridized carbons (Fsp3) is 1.00. The molecule has 0 aliphatic rings. The number of rotatable bonds is 0. The van der Waals surface area contributed by atoms with Crippen LogP contribution in [-0.4, -0.2) is 18.3 Å². The van der Waals surface area contributed by atoms with Gasteiger partial charge in [0.25, 0.3) is 0 Å². The first-order valence-corrected chi connectivity index (χ1v) is 4.17. The van der Waals surface area contributed by atoms with E-state index in [1.807, 2.05) is 0 Å². The van der Waals surface area contributed by atoms with Crippen molar-refractivity contribution in [3.05, 3.63) is 0 Å². The Hall–Kier alpha value is 0.464. The minimum Gasteiger partial charge on any atom is -0.852 e. The molecule has 3 nitrogen and oxygen atoms in total. The number of hydrogen-bond acceptors (Lipinski definition) is 3. The van der Waals surface area contributed by atoms with Gasteiger partial charge in [-0.05, 0) is 0 Å². The summed E-state index contributed by atoms with van der Waals surface area (Å²) in [6, 6.07) is 0. The summed E-state index contributed by atoms with van der Waals surface area (Å²) < 4.78 is 0. The van der Waals surface area contributed by atoms with Gasteiger partial charge in [-0.25, -0.2) is 0 Å². The molecule has 0 heterocycles. The molecule has 0 saturated carbocycles. The molecule has 0 aliphatic carbocycles. The third-order valence-corrected chi connectivity index (χ3v) is 0. The van der Waals surface area contributed by atoms with E-state index in [1.165, 1.54) is 0 Å². The van der Waals surface area contributed by atoms with Crippen molar-refractivity contribution in [3.63, 3.8) is 0 Å². The van der Waals surface area contributed by atoms with Gasteiger partial charge in [0.05, 0.1) is 0 Å². The summed E-state index contributed by atoms with van der Waals surface area (Å²) >= 11 is 0. The summed E-state index contributed by atoms with van der Waals surface area (Å²) in [6.45, 7) is 9.67. The van der Waals surface area contributed by atoms with Gasteiger partial charge in [-0.15, -0.1) is 18.3 Å². The predicted molar refractivity (Wildman–Crippen MR) is 45.4 cm³/mol. The van der Waals surface area contributed by atoms with Crippen molar-refractivity contribution in [2.75, 3.05) is 0 Å². The average molecular weight is 228 g/mol. The van der Waals surface area contributed by atoms with Crippen LogP contribution in [0.1, 0.15) is 41.5 Å². The second-order valence-corrected chi connectivity index (χ2v) is 3.15. The maximum absolute atomic E-state index is 9.53. The molecule has 80 valence electrons. The van der Waals surface area contributed by atoms with Crippen LogP contribution in [0.25, 0.3) is 0 Å². The standard InChI is InChI=1S/3C3H7O.V/c3*1-3(2)4;/h3*3H,1-2H3;/q3*-1;+3. The quantitative estimate of drug-likeness (QED) is 0.548. The first-order chi connectivity index (χ1) is 5.20. The molecule has 0 aromatic carbocycles. The summed E-state index contributed by atoms with van der Waals surface area (Å²) in [4.78, 5) is 0. The molecule has 0 fully saturated rings. The molecule has 0 amide bonds. The van der Waals surface area contributed by atoms with E-state index in [-0.39, 0.29) is 18.6 Å². The molecule has 0 bridgehead atoms. The van der Waals surface area contributed by atoms with E-state index in [0.717, 1.165) is 0 Å². The Morgan fingerprint density at radius 1 is 0.538 bits per heavy atom. The van der Waals surface area contributed by atoms with E-state index < -0.39 is 18.3 Å². The normalized spacial score (nSPS) is 8.31. The van der Waals surface area contributed by atoms with Crippen molar-refractivity contribution in [1.29, 1.82) is 0 Å². The molecule has 0 rings (SSSR count). The van der Waals surface area contributed by atoms with Gasteiger partial charge in [0.1, 0.15) is 0 Å². The van der Waals surface area contributed by atoms with Crippen molar-refractivity contribution in [1.82, 2.24) is 0 Å². The van der Waals surface area contributed by atoms with E-state index >= 15 is 0 Å². The van der Waals surface area contributed by atoms with Gasteiger partial charge in [0.15, 0.2) is 0 Å². The molecule has 0 aliphatic heterocycles. The zero-order valence-electron chi connectivity index (χ0n) is 9.40. The Labute approximate surface area is 94.1 Å². The van der Waals surface area contributed by atoms with E-state index in [0.29, 0.717) is 0 Å². The van der Waals surface area contributed by atoms with Gasteiger partial charge in [0, 0.05) is 0 Å². The predicted octanol–water partition coefficient (Wildman–Crippen LogP) is -0.737. The Morgan fingerprint density at radius 2 is 0.538 bits per heavy atom. The van der Waals surface area contributed by atoms with Crippen LogP contribution < -0.4 is 15.3 Å². The molecular formula is C9H21O3V. The van der Waals surface area contributed by atoms with Crippen molar-refractivity contribution in [2.45, 2.75) is 59.9 Å². The molecule has 4 heteroatoms. The smallest absolute Gasteiger partial charge is 0.852 e. The minimum atomic E-state index is -0.417. The summed E-state index contributed by atoms with van der Waals surface area (Å²) in [5.41, 5.74) is 0. The van der Waals surface area contributed by atoms with Crippen LogP contribution in [0.15, 0.2) is 0 Å². The zero-order chi connectivity index (χ0) is 10.7. The van der Waals surface area contributed by atoms with Crippen LogP contribution >= 0.6 is 0 Å². The second kappa shape index (κ2) is 18.3. The van der Waals surface area contributed by atoms with Crippen LogP contribution in [0, 0.1) is 0 Å². The maximum Gasteiger partial charge on any atom is 3.00 e. The van der Waals surface area contributed by atoms with Crippen LogP contribution in [0.4, 0.5) is 0 Å². The minimum absolute atomic E-state index is 0. The topological polar surface area (TPSA) is 69.2 Å². The van der Waals surface area contributed by atoms with Crippen LogP contribution in [-0.2, 0) is 18.6 Å². The van der Waals surface area contributed by atoms with Gasteiger partial charge >= 0.3 is 18.6 Å². The van der Waals surface area contributed by atoms with Crippen molar-refractivity contribution in [2.24, 2.45) is 0 Å². The third kappa shape index (κ3) is 6330. The molecule has 0 aromatic heterocycles. The van der Waals surface area contributed by atoms with Gasteiger partial charge in [0.2, 0.25) is 0 Å². The van der Waals surface area contributed by atoms with E-state index in [1.54, 1.807) is 41.5 Å². The second-order valence-electron chi connectivity index (χ2n) is 3.15. The first kappa shape index (κ1) is 23.4. The Balaban J connectivity index is -0.0000000450. The van der Waals surface area contributed by atoms with Gasteiger partial charge in [-0.1, -0.05) is 41.5 Å². The van der Waals surface area contributed by atoms with Gasteiger partial charge in [-0.3, -0.25) is 0 Å². The maximum atomic E-state index is 9.53. The van der Waals surface area contributed by atoms with Gasteiger partial charge < -0.3 is 15.3 Å². The Kier molecular flexibility index (Phi) is 32.9. The fourth-order valence-corrected chi connectivity index (χ4v) is 0. The largest absolute Gasteiger partial charge is 3.00 e. The molecule has 0 radical (unpaired) electrons. The first-order valence-electron chi connectivity index (χ1n) is 4.17. The summed E-state index contributed by atoms with van der Waals surface area (Å²) in [5, 5.41) is 28.6. The monoisotopic (exact) mass is 228 g/mol. The molecule has 13 heavy (non-hydrogen) atoms. The molecule has 0 atom stereocenters. The van der Waals surface area contributed by atoms with E-state index in [2.05, 4.69) is 0 Å². The van der Waals surface area contributed by atoms with E-state index in [9.17, 15) is 15.3 Å². The Bertz CT molecular complexity index is 43.4. The van der Waals surface area contributed by atoms with Crippen LogP contribution in [0.2, 0.25) is 0 Å². The van der Waals surface area contributed by atoms with Crippen LogP contribution in [0.5, 0.6) is 0 Å². The molecule has 0 unspecified atom stereocenters. The molecule has 0 saturated heterocycles. The molecule has 0 aromatic rings. The summed E-state index contributed by atoms with van der Waals surface area (Å²) in [6.07, 6.45) is -1.25. The molecule has 0 N–H and O–H groups in total. The van der Waals surface area contributed by atoms with Crippen molar-refractivity contribution in [3.8, 4) is 0 Å². The SMILES string of the molecule is CC(C)[O-].CC(C)[O-].CC(C)[O-].[V+3]. The Morgan fingerprint density at radius 3 is 0.538 bits per heavy atom. The van der Waals surface area contributed by atoms with E-state index in [4.69, 9.17) is 0 Å². The molecular weight excluding hydrogens is 207 g/mol. The fourth-order valence-electron chi connectivity index (χ4n) is 0. The molecule has 0 spiro atoms.